The number of piperidine rings is 1. The SMILES string of the molecule is Fc1cccc(F)c1CN1CCCC(NCc2ncc[nH]2)C1. The third-order valence-corrected chi connectivity index (χ3v) is 4.06. The van der Waals surface area contributed by atoms with Crippen molar-refractivity contribution in [2.24, 2.45) is 0 Å². The minimum absolute atomic E-state index is 0.161. The van der Waals surface area contributed by atoms with Crippen LogP contribution < -0.4 is 5.32 Å². The fraction of sp³-hybridized carbons (Fsp3) is 0.438. The van der Waals surface area contributed by atoms with Crippen LogP contribution in [0.25, 0.3) is 0 Å². The number of likely N-dealkylation sites (tertiary alicyclic amines) is 1. The van der Waals surface area contributed by atoms with Crippen molar-refractivity contribution >= 4 is 0 Å². The molecule has 0 saturated carbocycles. The zero-order valence-electron chi connectivity index (χ0n) is 12.4. The standard InChI is InChI=1S/C16H20F2N4/c17-14-4-1-5-15(18)13(14)11-22-8-2-3-12(10-22)21-9-16-19-6-7-20-16/h1,4-7,12,21H,2-3,8-11H2,(H,19,20). The Hall–Kier alpha value is -1.79. The molecule has 1 fully saturated rings. The highest BCUT2D eigenvalue weighted by molar-refractivity contribution is 5.19. The third kappa shape index (κ3) is 3.69. The van der Waals surface area contributed by atoms with Gasteiger partial charge in [0, 0.05) is 37.1 Å². The molecule has 4 nitrogen and oxygen atoms in total. The summed E-state index contributed by atoms with van der Waals surface area (Å²) in [6.45, 7) is 2.65. The lowest BCUT2D eigenvalue weighted by molar-refractivity contribution is 0.178. The molecule has 1 aliphatic rings. The Bertz CT molecular complexity index is 580. The molecule has 2 N–H and O–H groups in total. The summed E-state index contributed by atoms with van der Waals surface area (Å²) >= 11 is 0. The third-order valence-electron chi connectivity index (χ3n) is 4.06. The number of hydrogen-bond acceptors (Lipinski definition) is 3. The van der Waals surface area contributed by atoms with Crippen molar-refractivity contribution in [3.8, 4) is 0 Å². The minimum atomic E-state index is -0.467. The molecular weight excluding hydrogens is 286 g/mol. The van der Waals surface area contributed by atoms with Gasteiger partial charge in [0.15, 0.2) is 0 Å². The fourth-order valence-corrected chi connectivity index (χ4v) is 2.91. The summed E-state index contributed by atoms with van der Waals surface area (Å²) in [5.41, 5.74) is 0.161. The highest BCUT2D eigenvalue weighted by Gasteiger charge is 2.21. The molecule has 3 rings (SSSR count). The van der Waals surface area contributed by atoms with E-state index in [1.54, 1.807) is 12.4 Å². The first-order valence-electron chi connectivity index (χ1n) is 7.59. The Morgan fingerprint density at radius 1 is 1.32 bits per heavy atom. The molecule has 1 aromatic heterocycles. The zero-order chi connectivity index (χ0) is 15.4. The van der Waals surface area contributed by atoms with Crippen LogP contribution in [0, 0.1) is 11.6 Å². The van der Waals surface area contributed by atoms with Crippen molar-refractivity contribution < 1.29 is 8.78 Å². The maximum absolute atomic E-state index is 13.7. The second kappa shape index (κ2) is 6.98. The van der Waals surface area contributed by atoms with Gasteiger partial charge in [0.05, 0.1) is 6.54 Å². The average molecular weight is 306 g/mol. The monoisotopic (exact) mass is 306 g/mol. The van der Waals surface area contributed by atoms with Gasteiger partial charge in [-0.1, -0.05) is 6.07 Å². The molecule has 118 valence electrons. The maximum Gasteiger partial charge on any atom is 0.130 e. The molecule has 1 unspecified atom stereocenters. The summed E-state index contributed by atoms with van der Waals surface area (Å²) < 4.78 is 27.5. The fourth-order valence-electron chi connectivity index (χ4n) is 2.91. The number of rotatable bonds is 5. The molecule has 2 heterocycles. The van der Waals surface area contributed by atoms with Gasteiger partial charge in [-0.25, -0.2) is 13.8 Å². The first kappa shape index (κ1) is 15.1. The van der Waals surface area contributed by atoms with Gasteiger partial charge in [0.2, 0.25) is 0 Å². The molecule has 1 atom stereocenters. The number of imidazole rings is 1. The lowest BCUT2D eigenvalue weighted by atomic mass is 10.0. The second-order valence-electron chi connectivity index (χ2n) is 5.69. The number of nitrogens with zero attached hydrogens (tertiary/aromatic N) is 2. The van der Waals surface area contributed by atoms with Crippen molar-refractivity contribution in [3.05, 3.63) is 53.6 Å². The van der Waals surface area contributed by atoms with E-state index in [0.29, 0.717) is 19.1 Å². The molecule has 1 saturated heterocycles. The van der Waals surface area contributed by atoms with Crippen LogP contribution in [0.2, 0.25) is 0 Å². The van der Waals surface area contributed by atoms with E-state index in [-0.39, 0.29) is 5.56 Å². The van der Waals surface area contributed by atoms with E-state index in [2.05, 4.69) is 20.2 Å². The minimum Gasteiger partial charge on any atom is -0.348 e. The van der Waals surface area contributed by atoms with E-state index in [9.17, 15) is 8.78 Å². The van der Waals surface area contributed by atoms with Crippen LogP contribution in [0.15, 0.2) is 30.6 Å². The normalized spacial score (nSPS) is 19.5. The van der Waals surface area contributed by atoms with Crippen molar-refractivity contribution in [2.45, 2.75) is 32.0 Å². The summed E-state index contributed by atoms with van der Waals surface area (Å²) in [7, 11) is 0. The smallest absolute Gasteiger partial charge is 0.130 e. The quantitative estimate of drug-likeness (QED) is 0.892. The van der Waals surface area contributed by atoms with Crippen molar-refractivity contribution in [2.75, 3.05) is 13.1 Å². The Morgan fingerprint density at radius 2 is 2.14 bits per heavy atom. The van der Waals surface area contributed by atoms with Gasteiger partial charge in [-0.3, -0.25) is 4.90 Å². The molecular formula is C16H20F2N4. The summed E-state index contributed by atoms with van der Waals surface area (Å²) in [4.78, 5) is 9.34. The molecule has 0 amide bonds. The molecule has 1 aromatic carbocycles. The highest BCUT2D eigenvalue weighted by Crippen LogP contribution is 2.18. The van der Waals surface area contributed by atoms with Crippen molar-refractivity contribution in [3.63, 3.8) is 0 Å². The second-order valence-corrected chi connectivity index (χ2v) is 5.69. The first-order valence-corrected chi connectivity index (χ1v) is 7.59. The molecule has 6 heteroatoms. The van der Waals surface area contributed by atoms with E-state index in [1.165, 1.54) is 18.2 Å². The predicted octanol–water partition coefficient (Wildman–Crippen LogP) is 2.44. The molecule has 0 bridgehead atoms. The van der Waals surface area contributed by atoms with E-state index in [0.717, 1.165) is 31.8 Å². The number of benzene rings is 1. The summed E-state index contributed by atoms with van der Waals surface area (Å²) in [6.07, 6.45) is 5.61. The topological polar surface area (TPSA) is 44.0 Å². The van der Waals surface area contributed by atoms with Gasteiger partial charge in [-0.05, 0) is 31.5 Å². The molecule has 2 aromatic rings. The van der Waals surface area contributed by atoms with Gasteiger partial charge in [0.25, 0.3) is 0 Å². The Balaban J connectivity index is 1.56. The molecule has 0 spiro atoms. The van der Waals surface area contributed by atoms with Crippen LogP contribution in [0.5, 0.6) is 0 Å². The number of aromatic amines is 1. The maximum atomic E-state index is 13.7. The van der Waals surface area contributed by atoms with Gasteiger partial charge in [0.1, 0.15) is 17.5 Å². The number of nitrogens with one attached hydrogen (secondary N) is 2. The highest BCUT2D eigenvalue weighted by atomic mass is 19.1. The Morgan fingerprint density at radius 3 is 2.86 bits per heavy atom. The Labute approximate surface area is 128 Å². The van der Waals surface area contributed by atoms with E-state index >= 15 is 0 Å². The van der Waals surface area contributed by atoms with Crippen LogP contribution in [-0.2, 0) is 13.1 Å². The van der Waals surface area contributed by atoms with Gasteiger partial charge in [-0.15, -0.1) is 0 Å². The number of hydrogen-bond donors (Lipinski definition) is 2. The average Bonchev–Trinajstić information content (AvgIpc) is 3.03. The van der Waals surface area contributed by atoms with Crippen molar-refractivity contribution in [1.82, 2.24) is 20.2 Å². The lowest BCUT2D eigenvalue weighted by Crippen LogP contribution is -2.45. The summed E-state index contributed by atoms with van der Waals surface area (Å²) in [5, 5.41) is 3.45. The van der Waals surface area contributed by atoms with Crippen LogP contribution >= 0.6 is 0 Å². The van der Waals surface area contributed by atoms with Crippen LogP contribution in [0.4, 0.5) is 8.78 Å². The largest absolute Gasteiger partial charge is 0.348 e. The Kier molecular flexibility index (Phi) is 4.80. The van der Waals surface area contributed by atoms with E-state index in [4.69, 9.17) is 0 Å². The zero-order valence-corrected chi connectivity index (χ0v) is 12.4. The number of H-pyrrole nitrogens is 1. The van der Waals surface area contributed by atoms with Crippen LogP contribution in [0.3, 0.4) is 0 Å². The van der Waals surface area contributed by atoms with Crippen LogP contribution in [-0.4, -0.2) is 34.0 Å². The lowest BCUT2D eigenvalue weighted by Gasteiger charge is -2.33. The van der Waals surface area contributed by atoms with Gasteiger partial charge in [-0.2, -0.15) is 0 Å². The summed E-state index contributed by atoms with van der Waals surface area (Å²) in [5.74, 6) is -0.0337. The summed E-state index contributed by atoms with van der Waals surface area (Å²) in [6, 6.07) is 4.34. The first-order chi connectivity index (χ1) is 10.7. The number of halogens is 2. The van der Waals surface area contributed by atoms with Gasteiger partial charge >= 0.3 is 0 Å². The predicted molar refractivity (Wildman–Crippen MR) is 80.1 cm³/mol. The molecule has 22 heavy (non-hydrogen) atoms. The van der Waals surface area contributed by atoms with Crippen molar-refractivity contribution in [1.29, 1.82) is 0 Å². The van der Waals surface area contributed by atoms with Crippen LogP contribution in [0.1, 0.15) is 24.2 Å². The number of aromatic nitrogens is 2. The van der Waals surface area contributed by atoms with E-state index in [1.807, 2.05) is 0 Å². The molecule has 0 radical (unpaired) electrons. The van der Waals surface area contributed by atoms with E-state index < -0.39 is 11.6 Å². The van der Waals surface area contributed by atoms with Gasteiger partial charge < -0.3 is 10.3 Å². The molecule has 1 aliphatic heterocycles. The molecule has 0 aliphatic carbocycles.